The van der Waals surface area contributed by atoms with Crippen LogP contribution in [0, 0.1) is 0 Å². The molecule has 1 unspecified atom stereocenters. The maximum atomic E-state index is 11.2. The van der Waals surface area contributed by atoms with Crippen molar-refractivity contribution in [1.82, 2.24) is 10.1 Å². The molecule has 0 N–H and O–H groups in total. The van der Waals surface area contributed by atoms with E-state index in [0.717, 1.165) is 19.3 Å². The standard InChI is InChI=1S/C15H16N2O3/c1-19-14(18)9-13-16-15(17-20-13)12-8-4-6-10-5-2-3-7-11(10)12/h2-3,5,7,12H,4,6,8-9H2,1H3. The van der Waals surface area contributed by atoms with Gasteiger partial charge in [0.25, 0.3) is 0 Å². The first kappa shape index (κ1) is 12.8. The molecule has 0 spiro atoms. The number of esters is 1. The Balaban J connectivity index is 1.85. The Hall–Kier alpha value is -2.17. The lowest BCUT2D eigenvalue weighted by atomic mass is 9.82. The molecule has 1 aliphatic rings. The third-order valence-corrected chi connectivity index (χ3v) is 3.69. The molecule has 1 heterocycles. The maximum absolute atomic E-state index is 11.2. The summed E-state index contributed by atoms with van der Waals surface area (Å²) in [6.45, 7) is 0. The summed E-state index contributed by atoms with van der Waals surface area (Å²) >= 11 is 0. The highest BCUT2D eigenvalue weighted by molar-refractivity contribution is 5.71. The van der Waals surface area contributed by atoms with Gasteiger partial charge in [-0.05, 0) is 30.4 Å². The molecular formula is C15H16N2O3. The molecule has 0 bridgehead atoms. The Bertz CT molecular complexity index is 621. The molecule has 20 heavy (non-hydrogen) atoms. The van der Waals surface area contributed by atoms with Crippen molar-refractivity contribution in [2.45, 2.75) is 31.6 Å². The monoisotopic (exact) mass is 272 g/mol. The van der Waals surface area contributed by atoms with Crippen LogP contribution in [-0.2, 0) is 22.4 Å². The maximum Gasteiger partial charge on any atom is 0.315 e. The van der Waals surface area contributed by atoms with Gasteiger partial charge in [-0.1, -0.05) is 29.4 Å². The summed E-state index contributed by atoms with van der Waals surface area (Å²) in [6.07, 6.45) is 3.24. The number of methoxy groups -OCH3 is 1. The summed E-state index contributed by atoms with van der Waals surface area (Å²) in [6, 6.07) is 8.36. The second kappa shape index (κ2) is 5.45. The molecule has 5 heteroatoms. The molecular weight excluding hydrogens is 256 g/mol. The predicted molar refractivity (Wildman–Crippen MR) is 71.2 cm³/mol. The lowest BCUT2D eigenvalue weighted by Gasteiger charge is -2.22. The molecule has 2 aromatic rings. The highest BCUT2D eigenvalue weighted by atomic mass is 16.5. The summed E-state index contributed by atoms with van der Waals surface area (Å²) in [5.41, 5.74) is 2.62. The number of aryl methyl sites for hydroxylation is 1. The van der Waals surface area contributed by atoms with Crippen LogP contribution in [0.15, 0.2) is 28.8 Å². The minimum Gasteiger partial charge on any atom is -0.469 e. The lowest BCUT2D eigenvalue weighted by molar-refractivity contribution is -0.140. The number of hydrogen-bond acceptors (Lipinski definition) is 5. The molecule has 1 aromatic carbocycles. The number of fused-ring (bicyclic) bond motifs is 1. The lowest BCUT2D eigenvalue weighted by Crippen LogP contribution is -2.12. The topological polar surface area (TPSA) is 65.2 Å². The first-order chi connectivity index (χ1) is 9.78. The molecule has 0 fully saturated rings. The average molecular weight is 272 g/mol. The van der Waals surface area contributed by atoms with E-state index in [9.17, 15) is 4.79 Å². The summed E-state index contributed by atoms with van der Waals surface area (Å²) in [7, 11) is 1.34. The molecule has 104 valence electrons. The zero-order valence-corrected chi connectivity index (χ0v) is 11.3. The smallest absolute Gasteiger partial charge is 0.315 e. The molecule has 0 saturated carbocycles. The fraction of sp³-hybridized carbons (Fsp3) is 0.400. The van der Waals surface area contributed by atoms with E-state index in [2.05, 4.69) is 33.1 Å². The van der Waals surface area contributed by atoms with Crippen molar-refractivity contribution in [2.24, 2.45) is 0 Å². The Kier molecular flexibility index (Phi) is 3.50. The Morgan fingerprint density at radius 2 is 2.30 bits per heavy atom. The minimum atomic E-state index is -0.371. The number of aromatic nitrogens is 2. The van der Waals surface area contributed by atoms with Crippen LogP contribution in [0.4, 0.5) is 0 Å². The zero-order valence-electron chi connectivity index (χ0n) is 11.3. The first-order valence-electron chi connectivity index (χ1n) is 6.75. The van der Waals surface area contributed by atoms with E-state index < -0.39 is 0 Å². The van der Waals surface area contributed by atoms with E-state index in [0.29, 0.717) is 11.7 Å². The molecule has 3 rings (SSSR count). The summed E-state index contributed by atoms with van der Waals surface area (Å²) in [5.74, 6) is 0.769. The molecule has 5 nitrogen and oxygen atoms in total. The van der Waals surface area contributed by atoms with E-state index in [1.165, 1.54) is 18.2 Å². The Labute approximate surface area is 116 Å². The van der Waals surface area contributed by atoms with Crippen LogP contribution in [0.3, 0.4) is 0 Å². The molecule has 0 amide bonds. The number of carbonyl (C=O) groups excluding carboxylic acids is 1. The fourth-order valence-corrected chi connectivity index (χ4v) is 2.70. The highest BCUT2D eigenvalue weighted by Gasteiger charge is 2.26. The first-order valence-corrected chi connectivity index (χ1v) is 6.75. The molecule has 1 atom stereocenters. The number of benzene rings is 1. The van der Waals surface area contributed by atoms with Crippen molar-refractivity contribution in [3.63, 3.8) is 0 Å². The second-order valence-corrected chi connectivity index (χ2v) is 4.94. The van der Waals surface area contributed by atoms with E-state index in [-0.39, 0.29) is 18.3 Å². The van der Waals surface area contributed by atoms with Crippen LogP contribution < -0.4 is 0 Å². The normalized spacial score (nSPS) is 17.6. The molecule has 1 aliphatic carbocycles. The van der Waals surface area contributed by atoms with Gasteiger partial charge in [0.15, 0.2) is 5.82 Å². The van der Waals surface area contributed by atoms with Gasteiger partial charge >= 0.3 is 5.97 Å². The van der Waals surface area contributed by atoms with Crippen molar-refractivity contribution >= 4 is 5.97 Å². The molecule has 0 aliphatic heterocycles. The third kappa shape index (κ3) is 2.43. The molecule has 1 aromatic heterocycles. The zero-order chi connectivity index (χ0) is 13.9. The largest absolute Gasteiger partial charge is 0.469 e. The Morgan fingerprint density at radius 3 is 3.15 bits per heavy atom. The number of carbonyl (C=O) groups is 1. The van der Waals surface area contributed by atoms with Crippen LogP contribution in [0.2, 0.25) is 0 Å². The SMILES string of the molecule is COC(=O)Cc1nc(C2CCCc3ccccc32)no1. The summed E-state index contributed by atoms with van der Waals surface area (Å²) < 4.78 is 9.74. The Morgan fingerprint density at radius 1 is 1.45 bits per heavy atom. The molecule has 0 radical (unpaired) electrons. The van der Waals surface area contributed by atoms with Crippen LogP contribution >= 0.6 is 0 Å². The summed E-state index contributed by atoms with van der Waals surface area (Å²) in [4.78, 5) is 15.6. The number of nitrogens with zero attached hydrogens (tertiary/aromatic N) is 2. The van der Waals surface area contributed by atoms with E-state index in [4.69, 9.17) is 4.52 Å². The van der Waals surface area contributed by atoms with Gasteiger partial charge in [-0.15, -0.1) is 0 Å². The van der Waals surface area contributed by atoms with Crippen LogP contribution in [0.5, 0.6) is 0 Å². The van der Waals surface area contributed by atoms with Crippen molar-refractivity contribution < 1.29 is 14.1 Å². The van der Waals surface area contributed by atoms with Gasteiger partial charge < -0.3 is 9.26 Å². The molecule has 0 saturated heterocycles. The fourth-order valence-electron chi connectivity index (χ4n) is 2.70. The minimum absolute atomic E-state index is 0.0257. The van der Waals surface area contributed by atoms with Gasteiger partial charge in [-0.25, -0.2) is 0 Å². The van der Waals surface area contributed by atoms with Gasteiger partial charge in [0.1, 0.15) is 6.42 Å². The average Bonchev–Trinajstić information content (AvgIpc) is 2.94. The summed E-state index contributed by atoms with van der Waals surface area (Å²) in [5, 5.41) is 4.03. The number of rotatable bonds is 3. The third-order valence-electron chi connectivity index (χ3n) is 3.69. The van der Waals surface area contributed by atoms with Crippen molar-refractivity contribution in [1.29, 1.82) is 0 Å². The van der Waals surface area contributed by atoms with Crippen molar-refractivity contribution in [3.05, 3.63) is 47.1 Å². The van der Waals surface area contributed by atoms with Gasteiger partial charge in [-0.3, -0.25) is 4.79 Å². The number of hydrogen-bond donors (Lipinski definition) is 0. The van der Waals surface area contributed by atoms with E-state index >= 15 is 0 Å². The van der Waals surface area contributed by atoms with Gasteiger partial charge in [0, 0.05) is 5.92 Å². The number of ether oxygens (including phenoxy) is 1. The van der Waals surface area contributed by atoms with Gasteiger partial charge in [0.05, 0.1) is 7.11 Å². The van der Waals surface area contributed by atoms with E-state index in [1.807, 2.05) is 6.07 Å². The predicted octanol–water partition coefficient (Wildman–Crippen LogP) is 2.25. The van der Waals surface area contributed by atoms with E-state index in [1.54, 1.807) is 0 Å². The van der Waals surface area contributed by atoms with Crippen molar-refractivity contribution in [2.75, 3.05) is 7.11 Å². The quantitative estimate of drug-likeness (QED) is 0.802. The van der Waals surface area contributed by atoms with Crippen LogP contribution in [-0.4, -0.2) is 23.2 Å². The highest BCUT2D eigenvalue weighted by Crippen LogP contribution is 2.35. The van der Waals surface area contributed by atoms with Crippen molar-refractivity contribution in [3.8, 4) is 0 Å². The van der Waals surface area contributed by atoms with Crippen LogP contribution in [0.25, 0.3) is 0 Å². The second-order valence-electron chi connectivity index (χ2n) is 4.94. The van der Waals surface area contributed by atoms with Gasteiger partial charge in [-0.2, -0.15) is 4.98 Å². The van der Waals surface area contributed by atoms with Gasteiger partial charge in [0.2, 0.25) is 5.89 Å². The van der Waals surface area contributed by atoms with Crippen LogP contribution in [0.1, 0.15) is 41.6 Å².